The second-order valence-corrected chi connectivity index (χ2v) is 16.0. The van der Waals surface area contributed by atoms with Gasteiger partial charge in [0.05, 0.1) is 9.79 Å². The van der Waals surface area contributed by atoms with E-state index in [1.165, 1.54) is 27.0 Å². The molecule has 0 spiro atoms. The summed E-state index contributed by atoms with van der Waals surface area (Å²) in [5, 5.41) is 1.55. The summed E-state index contributed by atoms with van der Waals surface area (Å²) in [6.45, 7) is 7.60. The van der Waals surface area contributed by atoms with Crippen molar-refractivity contribution < 1.29 is 21.6 Å². The van der Waals surface area contributed by atoms with Crippen LogP contribution in [0.1, 0.15) is 29.7 Å². The number of ether oxygens (including phenoxy) is 1. The zero-order valence-corrected chi connectivity index (χ0v) is 30.2. The Balaban J connectivity index is 0.000000157. The average Bonchev–Trinajstić information content (AvgIpc) is 3.80. The van der Waals surface area contributed by atoms with E-state index in [0.717, 1.165) is 44.1 Å². The largest absolute Gasteiger partial charge is 0.381 e. The molecule has 1 aliphatic rings. The van der Waals surface area contributed by atoms with Crippen molar-refractivity contribution in [3.63, 3.8) is 0 Å². The first kappa shape index (κ1) is 34.0. The van der Waals surface area contributed by atoms with Gasteiger partial charge in [-0.25, -0.2) is 34.7 Å². The van der Waals surface area contributed by atoms with Crippen molar-refractivity contribution in [2.45, 2.75) is 43.4 Å². The molecule has 46 heavy (non-hydrogen) atoms. The van der Waals surface area contributed by atoms with E-state index in [1.54, 1.807) is 86.0 Å². The van der Waals surface area contributed by atoms with Gasteiger partial charge in [-0.3, -0.25) is 0 Å². The second-order valence-electron chi connectivity index (χ2n) is 10.7. The van der Waals surface area contributed by atoms with Crippen LogP contribution in [0.5, 0.6) is 0 Å². The third-order valence-corrected chi connectivity index (χ3v) is 12.1. The Kier molecular flexibility index (Phi) is 10.5. The van der Waals surface area contributed by atoms with Gasteiger partial charge in [-0.15, -0.1) is 0 Å². The molecule has 6 aromatic rings. The Hall–Kier alpha value is -3.36. The first-order valence-electron chi connectivity index (χ1n) is 14.4. The van der Waals surface area contributed by atoms with E-state index >= 15 is 0 Å². The van der Waals surface area contributed by atoms with Crippen LogP contribution in [0.25, 0.3) is 22.1 Å². The van der Waals surface area contributed by atoms with E-state index in [0.29, 0.717) is 17.0 Å². The number of rotatable bonds is 4. The molecule has 5 heterocycles. The minimum absolute atomic E-state index is 0.252. The van der Waals surface area contributed by atoms with Crippen LogP contribution in [0.4, 0.5) is 0 Å². The number of aryl methyl sites for hydroxylation is 3. The third-order valence-electron chi connectivity index (χ3n) is 7.25. The van der Waals surface area contributed by atoms with Gasteiger partial charge in [-0.1, -0.05) is 35.4 Å². The average molecular weight is 789 g/mol. The SMILES string of the molecule is C1CCOC1.Cc1ccc(S(=O)(=O)n2c(C)cc3c(Br)ccnc32)cc1.Cc1ccc(S(=O)(=O)n2ccc3c(Br)ccnc32)cc1. The zero-order valence-electron chi connectivity index (χ0n) is 25.4. The molecule has 7 rings (SSSR count). The van der Waals surface area contributed by atoms with Crippen molar-refractivity contribution in [1.29, 1.82) is 0 Å². The molecule has 13 heteroatoms. The first-order valence-corrected chi connectivity index (χ1v) is 18.8. The number of aromatic nitrogens is 4. The summed E-state index contributed by atoms with van der Waals surface area (Å²) in [6.07, 6.45) is 7.25. The maximum absolute atomic E-state index is 12.9. The summed E-state index contributed by atoms with van der Waals surface area (Å²) >= 11 is 6.82. The van der Waals surface area contributed by atoms with Gasteiger partial charge in [0.1, 0.15) is 0 Å². The highest BCUT2D eigenvalue weighted by molar-refractivity contribution is 9.11. The number of nitrogens with zero attached hydrogens (tertiary/aromatic N) is 4. The fourth-order valence-corrected chi connectivity index (χ4v) is 8.43. The predicted octanol–water partition coefficient (Wildman–Crippen LogP) is 7.79. The molecule has 0 aliphatic carbocycles. The maximum atomic E-state index is 12.9. The molecule has 1 saturated heterocycles. The van der Waals surface area contributed by atoms with Crippen LogP contribution >= 0.6 is 31.9 Å². The minimum atomic E-state index is -3.65. The van der Waals surface area contributed by atoms with Gasteiger partial charge in [0, 0.05) is 57.2 Å². The summed E-state index contributed by atoms with van der Waals surface area (Å²) in [7, 11) is -7.28. The Bertz CT molecular complexity index is 2200. The van der Waals surface area contributed by atoms with Crippen LogP contribution in [-0.2, 0) is 24.8 Å². The van der Waals surface area contributed by atoms with Crippen molar-refractivity contribution in [3.8, 4) is 0 Å². The summed E-state index contributed by atoms with van der Waals surface area (Å²) in [6, 6.07) is 20.7. The number of fused-ring (bicyclic) bond motifs is 2. The molecule has 0 saturated carbocycles. The third kappa shape index (κ3) is 7.13. The summed E-state index contributed by atoms with van der Waals surface area (Å²) in [4.78, 5) is 8.90. The van der Waals surface area contributed by atoms with Gasteiger partial charge in [-0.2, -0.15) is 0 Å². The van der Waals surface area contributed by atoms with Gasteiger partial charge in [-0.05, 0) is 114 Å². The highest BCUT2D eigenvalue weighted by Crippen LogP contribution is 2.29. The molecule has 2 aromatic carbocycles. The minimum Gasteiger partial charge on any atom is -0.381 e. The Morgan fingerprint density at radius 1 is 0.652 bits per heavy atom. The Morgan fingerprint density at radius 2 is 1.15 bits per heavy atom. The molecule has 240 valence electrons. The fourth-order valence-electron chi connectivity index (χ4n) is 4.80. The zero-order chi connectivity index (χ0) is 33.1. The maximum Gasteiger partial charge on any atom is 0.269 e. The highest BCUT2D eigenvalue weighted by atomic mass is 79.9. The molecule has 1 aliphatic heterocycles. The van der Waals surface area contributed by atoms with E-state index in [-0.39, 0.29) is 9.79 Å². The van der Waals surface area contributed by atoms with E-state index in [9.17, 15) is 16.8 Å². The first-order chi connectivity index (χ1) is 21.9. The van der Waals surface area contributed by atoms with Gasteiger partial charge >= 0.3 is 0 Å². The second kappa shape index (κ2) is 14.2. The predicted molar refractivity (Wildman–Crippen MR) is 187 cm³/mol. The molecule has 0 atom stereocenters. The lowest BCUT2D eigenvalue weighted by Crippen LogP contribution is -2.14. The Labute approximate surface area is 285 Å². The molecular weight excluding hydrogens is 756 g/mol. The normalized spacial score (nSPS) is 13.2. The van der Waals surface area contributed by atoms with Crippen molar-refractivity contribution >= 4 is 74.0 Å². The fraction of sp³-hybridized carbons (Fsp3) is 0.212. The number of pyridine rings is 2. The van der Waals surface area contributed by atoms with Gasteiger partial charge in [0.2, 0.25) is 0 Å². The molecule has 0 radical (unpaired) electrons. The molecular formula is C33H32Br2N4O5S2. The van der Waals surface area contributed by atoms with E-state index < -0.39 is 20.0 Å². The van der Waals surface area contributed by atoms with Crippen molar-refractivity contribution in [3.05, 3.63) is 117 Å². The van der Waals surface area contributed by atoms with Crippen molar-refractivity contribution in [2.75, 3.05) is 13.2 Å². The van der Waals surface area contributed by atoms with E-state index in [2.05, 4.69) is 41.8 Å². The Morgan fingerprint density at radius 3 is 1.67 bits per heavy atom. The van der Waals surface area contributed by atoms with Crippen molar-refractivity contribution in [2.24, 2.45) is 0 Å². The molecule has 0 N–H and O–H groups in total. The summed E-state index contributed by atoms with van der Waals surface area (Å²) in [5.41, 5.74) is 3.51. The highest BCUT2D eigenvalue weighted by Gasteiger charge is 2.23. The molecule has 1 fully saturated rings. The van der Waals surface area contributed by atoms with E-state index in [1.807, 2.05) is 19.9 Å². The molecule has 0 amide bonds. The molecule has 4 aromatic heterocycles. The van der Waals surface area contributed by atoms with Gasteiger partial charge in [0.15, 0.2) is 11.3 Å². The van der Waals surface area contributed by atoms with Crippen LogP contribution in [0.15, 0.2) is 110 Å². The lowest BCUT2D eigenvalue weighted by atomic mass is 10.2. The van der Waals surface area contributed by atoms with E-state index in [4.69, 9.17) is 4.74 Å². The lowest BCUT2D eigenvalue weighted by Gasteiger charge is -2.09. The van der Waals surface area contributed by atoms with Crippen molar-refractivity contribution in [1.82, 2.24) is 17.9 Å². The quantitative estimate of drug-likeness (QED) is 0.179. The van der Waals surface area contributed by atoms with Crippen LogP contribution in [0, 0.1) is 20.8 Å². The molecule has 9 nitrogen and oxygen atoms in total. The monoisotopic (exact) mass is 786 g/mol. The van der Waals surface area contributed by atoms with Crippen LogP contribution in [0.3, 0.4) is 0 Å². The summed E-state index contributed by atoms with van der Waals surface area (Å²) in [5.74, 6) is 0. The standard InChI is InChI=1S/C15H13BrN2O2S.C14H11BrN2O2S.C4H8O/c1-10-3-5-12(6-4-10)21(19,20)18-11(2)9-13-14(16)7-8-17-15(13)18;1-10-2-4-11(5-3-10)20(18,19)17-9-7-12-13(15)6-8-16-14(12)17;1-2-4-5-3-1/h3-9H,1-2H3;2-9H,1H3;1-4H2. The van der Waals surface area contributed by atoms with Gasteiger partial charge < -0.3 is 4.74 Å². The van der Waals surface area contributed by atoms with Gasteiger partial charge in [0.25, 0.3) is 20.0 Å². The number of benzene rings is 2. The smallest absolute Gasteiger partial charge is 0.269 e. The molecule has 0 unspecified atom stereocenters. The van der Waals surface area contributed by atoms with Crippen LogP contribution in [-0.4, -0.2) is 48.0 Å². The lowest BCUT2D eigenvalue weighted by molar-refractivity contribution is 0.198. The molecule has 0 bridgehead atoms. The van der Waals surface area contributed by atoms with Crippen LogP contribution < -0.4 is 0 Å². The number of hydrogen-bond donors (Lipinski definition) is 0. The number of hydrogen-bond acceptors (Lipinski definition) is 7. The summed E-state index contributed by atoms with van der Waals surface area (Å²) < 4.78 is 60.1. The van der Waals surface area contributed by atoms with Crippen LogP contribution in [0.2, 0.25) is 0 Å². The number of halogens is 2. The topological polar surface area (TPSA) is 113 Å².